The van der Waals surface area contributed by atoms with E-state index in [0.29, 0.717) is 41.4 Å². The first-order chi connectivity index (χ1) is 17.1. The Hall–Kier alpha value is -1.17. The number of hydrogen-bond donors (Lipinski definition) is 2. The molecule has 7 unspecified atom stereocenters. The highest BCUT2D eigenvalue weighted by molar-refractivity contribution is 7.92. The summed E-state index contributed by atoms with van der Waals surface area (Å²) in [6.45, 7) is 6.40. The molecule has 5 heteroatoms. The Labute approximate surface area is 218 Å². The number of benzene rings is 1. The SMILES string of the molecule is CC(C)C(O)CC(C[C@H]1CCC2C3CC=C4CC(O)CC[C@@H]4C3CCC21C)S(=O)(=O)c1ccccc1. The van der Waals surface area contributed by atoms with Crippen LogP contribution in [0.2, 0.25) is 0 Å². The van der Waals surface area contributed by atoms with E-state index in [1.54, 1.807) is 24.3 Å². The van der Waals surface area contributed by atoms with Crippen molar-refractivity contribution in [2.75, 3.05) is 0 Å². The third-order valence-electron chi connectivity index (χ3n) is 10.9. The molecule has 0 bridgehead atoms. The molecule has 1 aromatic carbocycles. The summed E-state index contributed by atoms with van der Waals surface area (Å²) >= 11 is 0. The lowest BCUT2D eigenvalue weighted by molar-refractivity contribution is -0.0204. The highest BCUT2D eigenvalue weighted by Crippen LogP contribution is 2.64. The van der Waals surface area contributed by atoms with Crippen molar-refractivity contribution in [2.24, 2.45) is 40.9 Å². The van der Waals surface area contributed by atoms with Crippen molar-refractivity contribution in [3.8, 4) is 0 Å². The number of allylic oxidation sites excluding steroid dienone is 1. The Morgan fingerprint density at radius 1 is 1.03 bits per heavy atom. The van der Waals surface area contributed by atoms with Gasteiger partial charge in [-0.15, -0.1) is 0 Å². The molecule has 1 aromatic rings. The van der Waals surface area contributed by atoms with Crippen LogP contribution in [-0.2, 0) is 9.84 Å². The maximum absolute atomic E-state index is 13.8. The van der Waals surface area contributed by atoms with E-state index in [0.717, 1.165) is 38.0 Å². The molecule has 0 radical (unpaired) electrons. The molecule has 5 rings (SSSR count). The number of aliphatic hydroxyl groups excluding tert-OH is 2. The average Bonchev–Trinajstić information content (AvgIpc) is 3.19. The minimum atomic E-state index is -3.52. The van der Waals surface area contributed by atoms with Gasteiger partial charge >= 0.3 is 0 Å². The van der Waals surface area contributed by atoms with Gasteiger partial charge < -0.3 is 10.2 Å². The van der Waals surface area contributed by atoms with Gasteiger partial charge in [0.05, 0.1) is 22.4 Å². The molecule has 200 valence electrons. The van der Waals surface area contributed by atoms with Crippen LogP contribution in [0.5, 0.6) is 0 Å². The van der Waals surface area contributed by atoms with E-state index < -0.39 is 21.2 Å². The summed E-state index contributed by atoms with van der Waals surface area (Å²) in [5.41, 5.74) is 1.69. The Morgan fingerprint density at radius 3 is 2.50 bits per heavy atom. The van der Waals surface area contributed by atoms with Crippen molar-refractivity contribution in [2.45, 2.75) is 107 Å². The number of sulfone groups is 1. The van der Waals surface area contributed by atoms with Crippen LogP contribution in [0.25, 0.3) is 0 Å². The van der Waals surface area contributed by atoms with Gasteiger partial charge in [-0.25, -0.2) is 8.42 Å². The van der Waals surface area contributed by atoms with Crippen LogP contribution in [0.1, 0.15) is 85.0 Å². The lowest BCUT2D eigenvalue weighted by atomic mass is 9.51. The van der Waals surface area contributed by atoms with E-state index in [1.165, 1.54) is 24.8 Å². The van der Waals surface area contributed by atoms with Crippen LogP contribution in [0.3, 0.4) is 0 Å². The van der Waals surface area contributed by atoms with Gasteiger partial charge in [0.25, 0.3) is 0 Å². The van der Waals surface area contributed by atoms with Crippen molar-refractivity contribution in [3.63, 3.8) is 0 Å². The Balaban J connectivity index is 1.38. The zero-order chi connectivity index (χ0) is 25.7. The fourth-order valence-corrected chi connectivity index (χ4v) is 10.6. The summed E-state index contributed by atoms with van der Waals surface area (Å²) < 4.78 is 27.6. The second kappa shape index (κ2) is 10.2. The molecule has 9 atom stereocenters. The minimum Gasteiger partial charge on any atom is -0.393 e. The number of rotatable bonds is 7. The molecule has 0 heterocycles. The van der Waals surface area contributed by atoms with Gasteiger partial charge in [0, 0.05) is 0 Å². The van der Waals surface area contributed by atoms with Gasteiger partial charge in [0.15, 0.2) is 9.84 Å². The van der Waals surface area contributed by atoms with Gasteiger partial charge in [-0.1, -0.05) is 50.6 Å². The highest BCUT2D eigenvalue weighted by atomic mass is 32.2. The third kappa shape index (κ3) is 4.73. The number of fused-ring (bicyclic) bond motifs is 5. The Morgan fingerprint density at radius 2 is 1.78 bits per heavy atom. The molecule has 0 aromatic heterocycles. The molecule has 0 amide bonds. The molecular formula is C31H46O4S. The third-order valence-corrected chi connectivity index (χ3v) is 13.1. The lowest BCUT2D eigenvalue weighted by Crippen LogP contribution is -2.46. The van der Waals surface area contributed by atoms with E-state index in [2.05, 4.69) is 13.0 Å². The van der Waals surface area contributed by atoms with E-state index in [4.69, 9.17) is 0 Å². The first-order valence-electron chi connectivity index (χ1n) is 14.4. The molecule has 0 saturated heterocycles. The van der Waals surface area contributed by atoms with E-state index in [1.807, 2.05) is 19.9 Å². The van der Waals surface area contributed by atoms with Crippen molar-refractivity contribution in [1.29, 1.82) is 0 Å². The molecule has 0 aliphatic heterocycles. The van der Waals surface area contributed by atoms with Gasteiger partial charge in [-0.05, 0) is 117 Å². The van der Waals surface area contributed by atoms with Crippen LogP contribution < -0.4 is 0 Å². The monoisotopic (exact) mass is 514 g/mol. The summed E-state index contributed by atoms with van der Waals surface area (Å²) in [5.74, 6) is 3.16. The van der Waals surface area contributed by atoms with Crippen molar-refractivity contribution >= 4 is 9.84 Å². The predicted molar refractivity (Wildman–Crippen MR) is 144 cm³/mol. The number of hydrogen-bond acceptors (Lipinski definition) is 4. The predicted octanol–water partition coefficient (Wildman–Crippen LogP) is 6.18. The van der Waals surface area contributed by atoms with Crippen molar-refractivity contribution in [3.05, 3.63) is 42.0 Å². The summed E-state index contributed by atoms with van der Waals surface area (Å²) in [6, 6.07) is 8.87. The zero-order valence-corrected chi connectivity index (χ0v) is 23.2. The standard InChI is InChI=1S/C31H46O4S/c1-20(2)30(33)19-25(36(34,35)24-7-5-4-6-8-24)18-22-10-14-29-28-12-9-21-17-23(32)11-13-26(21)27(28)15-16-31(22,29)3/h4-9,20,22-23,25-30,32-33H,10-19H2,1-3H3/t22-,23?,25?,26+,27?,28?,29?,30?,31?/m1/s1. The second-order valence-electron chi connectivity index (χ2n) is 13.1. The molecule has 2 N–H and O–H groups in total. The van der Waals surface area contributed by atoms with E-state index in [-0.39, 0.29) is 17.4 Å². The average molecular weight is 515 g/mol. The summed E-state index contributed by atoms with van der Waals surface area (Å²) in [7, 11) is -3.52. The minimum absolute atomic E-state index is 0.0399. The maximum Gasteiger partial charge on any atom is 0.181 e. The summed E-state index contributed by atoms with van der Waals surface area (Å²) in [4.78, 5) is 0.388. The molecular weight excluding hydrogens is 468 g/mol. The molecule has 3 fully saturated rings. The first kappa shape index (κ1) is 26.4. The van der Waals surface area contributed by atoms with Gasteiger partial charge in [0.2, 0.25) is 0 Å². The van der Waals surface area contributed by atoms with Crippen LogP contribution in [0.4, 0.5) is 0 Å². The highest BCUT2D eigenvalue weighted by Gasteiger charge is 2.56. The molecule has 4 aliphatic rings. The lowest BCUT2D eigenvalue weighted by Gasteiger charge is -2.54. The van der Waals surface area contributed by atoms with Crippen LogP contribution in [-0.4, -0.2) is 36.1 Å². The van der Waals surface area contributed by atoms with Crippen LogP contribution >= 0.6 is 0 Å². The topological polar surface area (TPSA) is 74.6 Å². The Bertz CT molecular complexity index is 1050. The quantitative estimate of drug-likeness (QED) is 0.426. The zero-order valence-electron chi connectivity index (χ0n) is 22.4. The van der Waals surface area contributed by atoms with Gasteiger partial charge in [-0.2, -0.15) is 0 Å². The van der Waals surface area contributed by atoms with Gasteiger partial charge in [-0.3, -0.25) is 0 Å². The van der Waals surface area contributed by atoms with Gasteiger partial charge in [0.1, 0.15) is 0 Å². The fourth-order valence-electron chi connectivity index (χ4n) is 8.76. The maximum atomic E-state index is 13.8. The van der Waals surface area contributed by atoms with E-state index >= 15 is 0 Å². The smallest absolute Gasteiger partial charge is 0.181 e. The summed E-state index contributed by atoms with van der Waals surface area (Å²) in [5, 5.41) is 20.4. The molecule has 4 aliphatic carbocycles. The van der Waals surface area contributed by atoms with Crippen LogP contribution in [0, 0.1) is 40.9 Å². The molecule has 4 nitrogen and oxygen atoms in total. The largest absolute Gasteiger partial charge is 0.393 e. The van der Waals surface area contributed by atoms with E-state index in [9.17, 15) is 18.6 Å². The van der Waals surface area contributed by atoms with Crippen molar-refractivity contribution in [1.82, 2.24) is 0 Å². The normalized spacial score (nSPS) is 38.0. The summed E-state index contributed by atoms with van der Waals surface area (Å²) in [6.07, 6.45) is 11.5. The van der Waals surface area contributed by atoms with Crippen molar-refractivity contribution < 1.29 is 18.6 Å². The fraction of sp³-hybridized carbons (Fsp3) is 0.742. The molecule has 36 heavy (non-hydrogen) atoms. The van der Waals surface area contributed by atoms with Crippen LogP contribution in [0.15, 0.2) is 46.9 Å². The first-order valence-corrected chi connectivity index (χ1v) is 16.0. The molecule has 3 saturated carbocycles. The molecule has 0 spiro atoms. The number of aliphatic hydroxyl groups is 2. The second-order valence-corrected chi connectivity index (χ2v) is 15.3. The Kier molecular flexibility index (Phi) is 7.48.